The molecule has 4 amide bonds. The third kappa shape index (κ3) is 5.54. The number of thioether (sulfide) groups is 1. The smallest absolute Gasteiger partial charge is 0.326 e. The summed E-state index contributed by atoms with van der Waals surface area (Å²) in [6.07, 6.45) is 8.95. The second-order valence-corrected chi connectivity index (χ2v) is 10.5. The number of nitrogens with zero attached hydrogens (tertiary/aromatic N) is 3. The van der Waals surface area contributed by atoms with Crippen molar-refractivity contribution in [2.45, 2.75) is 56.9 Å². The van der Waals surface area contributed by atoms with E-state index in [2.05, 4.69) is 26.4 Å². The van der Waals surface area contributed by atoms with E-state index in [1.54, 1.807) is 16.8 Å². The Morgan fingerprint density at radius 1 is 1.33 bits per heavy atom. The maximum absolute atomic E-state index is 12.6. The molecule has 3 aliphatic rings. The van der Waals surface area contributed by atoms with Gasteiger partial charge >= 0.3 is 6.03 Å². The largest absolute Gasteiger partial charge is 0.379 e. The summed E-state index contributed by atoms with van der Waals surface area (Å²) < 4.78 is 7.23. The number of urea groups is 1. The van der Waals surface area contributed by atoms with E-state index in [-0.39, 0.29) is 23.0 Å². The van der Waals surface area contributed by atoms with E-state index in [0.29, 0.717) is 41.7 Å². The van der Waals surface area contributed by atoms with Crippen LogP contribution in [0.2, 0.25) is 0 Å². The van der Waals surface area contributed by atoms with Crippen LogP contribution in [0.1, 0.15) is 56.0 Å². The summed E-state index contributed by atoms with van der Waals surface area (Å²) in [7, 11) is 0. The van der Waals surface area contributed by atoms with Crippen molar-refractivity contribution in [1.82, 2.24) is 30.5 Å². The normalized spacial score (nSPS) is 20.7. The lowest BCUT2D eigenvalue weighted by molar-refractivity contribution is -0.117. The van der Waals surface area contributed by atoms with Crippen molar-refractivity contribution in [3.63, 3.8) is 0 Å². The summed E-state index contributed by atoms with van der Waals surface area (Å²) in [6.45, 7) is 5.15. The van der Waals surface area contributed by atoms with Crippen molar-refractivity contribution >= 4 is 47.1 Å². The van der Waals surface area contributed by atoms with Gasteiger partial charge in [-0.25, -0.2) is 9.78 Å². The van der Waals surface area contributed by atoms with Crippen LogP contribution in [-0.2, 0) is 14.3 Å². The Bertz CT molecular complexity index is 1260. The predicted molar refractivity (Wildman–Crippen MR) is 136 cm³/mol. The van der Waals surface area contributed by atoms with Crippen molar-refractivity contribution in [2.24, 2.45) is 0 Å². The van der Waals surface area contributed by atoms with Gasteiger partial charge in [0, 0.05) is 30.8 Å². The van der Waals surface area contributed by atoms with Crippen molar-refractivity contribution in [1.29, 1.82) is 0 Å². The number of carbonyl (C=O) groups is 3. The Morgan fingerprint density at radius 3 is 2.89 bits per heavy atom. The Morgan fingerprint density at radius 2 is 2.17 bits per heavy atom. The second-order valence-electron chi connectivity index (χ2n) is 9.23. The van der Waals surface area contributed by atoms with Crippen molar-refractivity contribution in [2.75, 3.05) is 18.5 Å². The molecule has 0 spiro atoms. The molecule has 1 unspecified atom stereocenters. The minimum atomic E-state index is -0.556. The zero-order chi connectivity index (χ0) is 25.2. The van der Waals surface area contributed by atoms with Crippen LogP contribution < -0.4 is 21.3 Å². The maximum atomic E-state index is 12.6. The molecule has 4 N–H and O–H groups in total. The summed E-state index contributed by atoms with van der Waals surface area (Å²) in [5, 5.41) is 15.6. The lowest BCUT2D eigenvalue weighted by Crippen LogP contribution is -2.25. The fraction of sp³-hybridized carbons (Fsp3) is 0.458. The molecule has 0 bridgehead atoms. The Kier molecular flexibility index (Phi) is 6.97. The third-order valence-electron chi connectivity index (χ3n) is 5.87. The lowest BCUT2D eigenvalue weighted by Gasteiger charge is -2.14. The maximum Gasteiger partial charge on any atom is 0.326 e. The molecule has 12 heteroatoms. The number of allylic oxidation sites excluding steroid dienone is 1. The molecule has 1 saturated heterocycles. The molecule has 4 heterocycles. The number of anilines is 1. The van der Waals surface area contributed by atoms with E-state index in [9.17, 15) is 14.4 Å². The first-order valence-corrected chi connectivity index (χ1v) is 13.0. The van der Waals surface area contributed by atoms with Gasteiger partial charge in [0.2, 0.25) is 0 Å². The van der Waals surface area contributed by atoms with E-state index < -0.39 is 11.9 Å². The molecule has 36 heavy (non-hydrogen) atoms. The summed E-state index contributed by atoms with van der Waals surface area (Å²) in [5.41, 5.74) is 2.15. The molecule has 5 rings (SSSR count). The van der Waals surface area contributed by atoms with E-state index in [1.807, 2.05) is 26.0 Å². The summed E-state index contributed by atoms with van der Waals surface area (Å²) in [4.78, 5) is 41.7. The molecule has 2 aliphatic heterocycles. The molecule has 1 atom stereocenters. The van der Waals surface area contributed by atoms with Crippen molar-refractivity contribution in [3.8, 4) is 0 Å². The average molecular weight is 512 g/mol. The van der Waals surface area contributed by atoms with Crippen LogP contribution in [0.4, 0.5) is 10.6 Å². The van der Waals surface area contributed by atoms with Gasteiger partial charge in [-0.05, 0) is 45.6 Å². The SMILES string of the molecule is CC(C)OCCCNC(=O)C1=CCC(c2cc(NC3CC3)n3ncc(/C=C4\NC(=O)NC4=O)c3n2)S1. The molecular weight excluding hydrogens is 482 g/mol. The molecule has 2 aromatic heterocycles. The van der Waals surface area contributed by atoms with Gasteiger partial charge in [0.05, 0.1) is 28.1 Å². The minimum Gasteiger partial charge on any atom is -0.379 e. The first-order valence-electron chi connectivity index (χ1n) is 12.1. The van der Waals surface area contributed by atoms with Crippen LogP contribution in [0.3, 0.4) is 0 Å². The fourth-order valence-corrected chi connectivity index (χ4v) is 5.03. The Hall–Kier alpha value is -3.38. The fourth-order valence-electron chi connectivity index (χ4n) is 3.91. The van der Waals surface area contributed by atoms with Gasteiger partial charge in [0.15, 0.2) is 5.65 Å². The standard InChI is InChI=1S/C24H29N7O4S/c1-13(2)35-9-3-8-25-23(33)19-7-6-18(36-19)16-11-20(27-15-4-5-15)31-21(28-16)14(12-26-31)10-17-22(32)30-24(34)29-17/h7,10-13,15,18,27H,3-6,8-9H2,1-2H3,(H,25,33)(H2,29,30,32,34)/b17-10-. The summed E-state index contributed by atoms with van der Waals surface area (Å²) in [6, 6.07) is 1.82. The van der Waals surface area contributed by atoms with Crippen molar-refractivity contribution in [3.05, 3.63) is 40.2 Å². The number of aromatic nitrogens is 3. The first kappa shape index (κ1) is 24.3. The van der Waals surface area contributed by atoms with E-state index in [4.69, 9.17) is 9.72 Å². The van der Waals surface area contributed by atoms with Crippen LogP contribution in [-0.4, -0.2) is 57.7 Å². The molecule has 2 fully saturated rings. The predicted octanol–water partition coefficient (Wildman–Crippen LogP) is 2.48. The molecule has 1 aliphatic carbocycles. The average Bonchev–Trinajstić information content (AvgIpc) is 3.22. The number of ether oxygens (including phenoxy) is 1. The number of rotatable bonds is 10. The number of amides is 4. The van der Waals surface area contributed by atoms with Gasteiger partial charge in [0.25, 0.3) is 11.8 Å². The van der Waals surface area contributed by atoms with Crippen LogP contribution in [0.25, 0.3) is 11.7 Å². The van der Waals surface area contributed by atoms with Gasteiger partial charge < -0.3 is 20.7 Å². The third-order valence-corrected chi connectivity index (χ3v) is 7.19. The molecule has 0 radical (unpaired) electrons. The molecule has 0 aromatic carbocycles. The highest BCUT2D eigenvalue weighted by atomic mass is 32.2. The van der Waals surface area contributed by atoms with E-state index >= 15 is 0 Å². The summed E-state index contributed by atoms with van der Waals surface area (Å²) in [5.74, 6) is 0.238. The number of imide groups is 1. The Labute approximate surface area is 212 Å². The summed E-state index contributed by atoms with van der Waals surface area (Å²) >= 11 is 1.50. The van der Waals surface area contributed by atoms with Gasteiger partial charge in [-0.3, -0.25) is 14.9 Å². The lowest BCUT2D eigenvalue weighted by atomic mass is 10.2. The molecule has 190 valence electrons. The van der Waals surface area contributed by atoms with Crippen molar-refractivity contribution < 1.29 is 19.1 Å². The van der Waals surface area contributed by atoms with Crippen LogP contribution in [0, 0.1) is 0 Å². The molecule has 1 saturated carbocycles. The van der Waals surface area contributed by atoms with Crippen LogP contribution in [0.5, 0.6) is 0 Å². The monoisotopic (exact) mass is 511 g/mol. The zero-order valence-electron chi connectivity index (χ0n) is 20.2. The Balaban J connectivity index is 1.32. The topological polar surface area (TPSA) is 139 Å². The van der Waals surface area contributed by atoms with Crippen LogP contribution in [0.15, 0.2) is 28.9 Å². The number of carbonyl (C=O) groups excluding carboxylic acids is 3. The molecular formula is C24H29N7O4S. The van der Waals surface area contributed by atoms with Gasteiger partial charge in [-0.15, -0.1) is 11.8 Å². The minimum absolute atomic E-state index is 0.0235. The van der Waals surface area contributed by atoms with Gasteiger partial charge in [0.1, 0.15) is 11.5 Å². The van der Waals surface area contributed by atoms with E-state index in [1.165, 1.54) is 11.8 Å². The molecule has 11 nitrogen and oxygen atoms in total. The highest BCUT2D eigenvalue weighted by molar-refractivity contribution is 8.04. The number of hydrogen-bond acceptors (Lipinski definition) is 8. The van der Waals surface area contributed by atoms with E-state index in [0.717, 1.165) is 30.8 Å². The highest BCUT2D eigenvalue weighted by Gasteiger charge is 2.29. The number of nitrogens with one attached hydrogen (secondary N) is 4. The molecule has 2 aromatic rings. The second kappa shape index (κ2) is 10.3. The van der Waals surface area contributed by atoms with Gasteiger partial charge in [-0.1, -0.05) is 6.08 Å². The highest BCUT2D eigenvalue weighted by Crippen LogP contribution is 2.44. The first-order chi connectivity index (χ1) is 17.4. The van der Waals surface area contributed by atoms with Crippen LogP contribution >= 0.6 is 11.8 Å². The zero-order valence-corrected chi connectivity index (χ0v) is 21.0. The number of fused-ring (bicyclic) bond motifs is 1. The quantitative estimate of drug-likeness (QED) is 0.217. The number of hydrogen-bond donors (Lipinski definition) is 4. The van der Waals surface area contributed by atoms with Gasteiger partial charge in [-0.2, -0.15) is 9.61 Å².